The number of methoxy groups -OCH3 is 1. The van der Waals surface area contributed by atoms with Crippen LogP contribution in [0.3, 0.4) is 0 Å². The van der Waals surface area contributed by atoms with Gasteiger partial charge in [0.15, 0.2) is 21.3 Å². The van der Waals surface area contributed by atoms with E-state index in [9.17, 15) is 13.5 Å². The van der Waals surface area contributed by atoms with Gasteiger partial charge in [0, 0.05) is 18.2 Å². The molecule has 2 aromatic carbocycles. The zero-order valence-corrected chi connectivity index (χ0v) is 17.8. The number of ether oxygens (including phenoxy) is 1. The first-order valence-corrected chi connectivity index (χ1v) is 11.4. The fourth-order valence-corrected chi connectivity index (χ4v) is 5.57. The lowest BCUT2D eigenvalue weighted by molar-refractivity contribution is 0.313. The number of unbranched alkanes of at least 4 members (excludes halogenated alkanes) is 1. The van der Waals surface area contributed by atoms with E-state index in [1.54, 1.807) is 0 Å². The van der Waals surface area contributed by atoms with Crippen LogP contribution in [0.1, 0.15) is 45.1 Å². The molecule has 1 heterocycles. The van der Waals surface area contributed by atoms with Crippen molar-refractivity contribution in [2.75, 3.05) is 12.9 Å². The maximum Gasteiger partial charge on any atom is 0.180 e. The Labute approximate surface area is 168 Å². The molecule has 0 unspecified atom stereocenters. The molecule has 1 atom stereocenters. The molecule has 154 valence electrons. The molecule has 0 saturated carbocycles. The van der Waals surface area contributed by atoms with Crippen molar-refractivity contribution in [3.63, 3.8) is 0 Å². The largest absolute Gasteiger partial charge is 0.504 e. The van der Waals surface area contributed by atoms with E-state index in [-0.39, 0.29) is 22.1 Å². The van der Waals surface area contributed by atoms with E-state index >= 15 is 0 Å². The summed E-state index contributed by atoms with van der Waals surface area (Å²) in [5, 5.41) is 13.3. The molecule has 6 heteroatoms. The molecule has 1 aliphatic heterocycles. The lowest BCUT2D eigenvalue weighted by Crippen LogP contribution is -2.48. The molecule has 0 aliphatic carbocycles. The number of hydrogen-bond acceptors (Lipinski definition) is 5. The first kappa shape index (κ1) is 22.2. The van der Waals surface area contributed by atoms with Crippen LogP contribution < -0.4 is 10.1 Å². The van der Waals surface area contributed by atoms with Crippen molar-refractivity contribution in [1.82, 2.24) is 5.32 Å². The van der Waals surface area contributed by atoms with Gasteiger partial charge in [0.25, 0.3) is 0 Å². The maximum atomic E-state index is 12.8. The summed E-state index contributed by atoms with van der Waals surface area (Å²) in [5.74, 6) is 0.243. The highest BCUT2D eigenvalue weighted by Gasteiger charge is 2.38. The predicted molar refractivity (Wildman–Crippen MR) is 113 cm³/mol. The van der Waals surface area contributed by atoms with Crippen LogP contribution in [0.2, 0.25) is 0 Å². The lowest BCUT2D eigenvalue weighted by atomic mass is 9.91. The Morgan fingerprint density at radius 2 is 1.71 bits per heavy atom. The summed E-state index contributed by atoms with van der Waals surface area (Å²) in [6.07, 6.45) is 3.60. The summed E-state index contributed by atoms with van der Waals surface area (Å²) in [7, 11) is -2.01. The number of nitrogens with one attached hydrogen (secondary N) is 1. The third kappa shape index (κ3) is 5.49. The SMILES string of the molecule is CCCC[C@]1(CC)CS(=O)(=O)c2cc(OC)c(O)cc2CN1.c1ccccc1. The number of benzene rings is 2. The predicted octanol–water partition coefficient (Wildman–Crippen LogP) is 4.30. The molecular weight excluding hydrogens is 374 g/mol. The number of rotatable bonds is 5. The summed E-state index contributed by atoms with van der Waals surface area (Å²) in [4.78, 5) is 0.265. The van der Waals surface area contributed by atoms with Crippen LogP contribution >= 0.6 is 0 Å². The number of sulfone groups is 1. The highest BCUT2D eigenvalue weighted by Crippen LogP contribution is 2.36. The summed E-state index contributed by atoms with van der Waals surface area (Å²) >= 11 is 0. The van der Waals surface area contributed by atoms with Gasteiger partial charge in [0.1, 0.15) is 0 Å². The first-order chi connectivity index (χ1) is 13.4. The smallest absolute Gasteiger partial charge is 0.180 e. The molecule has 0 aromatic heterocycles. The van der Waals surface area contributed by atoms with E-state index in [1.165, 1.54) is 19.2 Å². The maximum absolute atomic E-state index is 12.8. The van der Waals surface area contributed by atoms with Crippen LogP contribution in [0.15, 0.2) is 53.4 Å². The van der Waals surface area contributed by atoms with Crippen molar-refractivity contribution in [3.05, 3.63) is 54.1 Å². The standard InChI is InChI=1S/C16H25NO4S.C6H6/c1-4-6-7-16(5-2)11-22(19,20)15-9-14(21-3)13(18)8-12(15)10-17-16;1-2-4-6-5-3-1/h8-9,17-18H,4-7,10-11H2,1-3H3;1-6H/t16-;/m1./s1. The second-order valence-corrected chi connectivity index (χ2v) is 9.09. The molecule has 1 aliphatic rings. The van der Waals surface area contributed by atoms with Gasteiger partial charge in [-0.2, -0.15) is 0 Å². The van der Waals surface area contributed by atoms with Crippen LogP contribution in [0, 0.1) is 0 Å². The van der Waals surface area contributed by atoms with Gasteiger partial charge in [-0.3, -0.25) is 0 Å². The van der Waals surface area contributed by atoms with Crippen LogP contribution in [-0.4, -0.2) is 31.9 Å². The number of phenols is 1. The van der Waals surface area contributed by atoms with Gasteiger partial charge in [-0.1, -0.05) is 63.1 Å². The van der Waals surface area contributed by atoms with Crippen molar-refractivity contribution in [2.45, 2.75) is 56.5 Å². The average Bonchev–Trinajstić information content (AvgIpc) is 2.81. The van der Waals surface area contributed by atoms with E-state index < -0.39 is 15.4 Å². The molecule has 0 amide bonds. The minimum Gasteiger partial charge on any atom is -0.504 e. The monoisotopic (exact) mass is 405 g/mol. The highest BCUT2D eigenvalue weighted by atomic mass is 32.2. The third-order valence-corrected chi connectivity index (χ3v) is 7.15. The van der Waals surface area contributed by atoms with Gasteiger partial charge >= 0.3 is 0 Å². The van der Waals surface area contributed by atoms with E-state index in [2.05, 4.69) is 12.2 Å². The van der Waals surface area contributed by atoms with Crippen LogP contribution in [0.4, 0.5) is 0 Å². The van der Waals surface area contributed by atoms with E-state index in [0.717, 1.165) is 25.7 Å². The van der Waals surface area contributed by atoms with Gasteiger partial charge in [-0.25, -0.2) is 8.42 Å². The Bertz CT molecular complexity index is 826. The Kier molecular flexibility index (Phi) is 7.89. The fraction of sp³-hybridized carbons (Fsp3) is 0.455. The van der Waals surface area contributed by atoms with Crippen molar-refractivity contribution in [1.29, 1.82) is 0 Å². The van der Waals surface area contributed by atoms with Gasteiger partial charge in [0.2, 0.25) is 0 Å². The minimum absolute atomic E-state index is 0.0317. The minimum atomic E-state index is -3.43. The molecule has 0 saturated heterocycles. The summed E-state index contributed by atoms with van der Waals surface area (Å²) in [6, 6.07) is 14.9. The Morgan fingerprint density at radius 3 is 2.21 bits per heavy atom. The zero-order chi connectivity index (χ0) is 20.6. The average molecular weight is 406 g/mol. The normalized spacial score (nSPS) is 20.2. The van der Waals surface area contributed by atoms with Gasteiger partial charge in [0.05, 0.1) is 17.8 Å². The second kappa shape index (κ2) is 9.94. The third-order valence-electron chi connectivity index (χ3n) is 5.17. The van der Waals surface area contributed by atoms with E-state index in [0.29, 0.717) is 12.1 Å². The van der Waals surface area contributed by atoms with Gasteiger partial charge in [-0.15, -0.1) is 0 Å². The first-order valence-electron chi connectivity index (χ1n) is 9.75. The quantitative estimate of drug-likeness (QED) is 0.775. The number of fused-ring (bicyclic) bond motifs is 1. The number of phenolic OH excluding ortho intramolecular Hbond substituents is 1. The Balaban J connectivity index is 0.000000397. The van der Waals surface area contributed by atoms with Crippen LogP contribution in [0.5, 0.6) is 11.5 Å². The van der Waals surface area contributed by atoms with Crippen molar-refractivity contribution in [2.24, 2.45) is 0 Å². The molecule has 5 nitrogen and oxygen atoms in total. The molecule has 0 fully saturated rings. The molecule has 2 aromatic rings. The van der Waals surface area contributed by atoms with Gasteiger partial charge in [-0.05, 0) is 24.5 Å². The van der Waals surface area contributed by atoms with Crippen molar-refractivity contribution < 1.29 is 18.3 Å². The molecule has 0 spiro atoms. The zero-order valence-electron chi connectivity index (χ0n) is 16.9. The summed E-state index contributed by atoms with van der Waals surface area (Å²) in [5.41, 5.74) is 0.196. The van der Waals surface area contributed by atoms with Crippen LogP contribution in [-0.2, 0) is 16.4 Å². The van der Waals surface area contributed by atoms with Gasteiger partial charge < -0.3 is 15.2 Å². The Hall–Kier alpha value is -2.05. The fourth-order valence-electron chi connectivity index (χ4n) is 3.42. The molecule has 2 N–H and O–H groups in total. The molecule has 28 heavy (non-hydrogen) atoms. The molecule has 3 rings (SSSR count). The topological polar surface area (TPSA) is 75.6 Å². The number of hydrogen-bond donors (Lipinski definition) is 2. The molecule has 0 bridgehead atoms. The van der Waals surface area contributed by atoms with E-state index in [1.807, 2.05) is 43.3 Å². The van der Waals surface area contributed by atoms with Crippen LogP contribution in [0.25, 0.3) is 0 Å². The number of aromatic hydroxyl groups is 1. The lowest BCUT2D eigenvalue weighted by Gasteiger charge is -2.32. The Morgan fingerprint density at radius 1 is 1.11 bits per heavy atom. The second-order valence-electron chi connectivity index (χ2n) is 7.14. The van der Waals surface area contributed by atoms with Crippen molar-refractivity contribution in [3.8, 4) is 11.5 Å². The molecule has 0 radical (unpaired) electrons. The van der Waals surface area contributed by atoms with Crippen molar-refractivity contribution >= 4 is 9.84 Å². The molecular formula is C22H31NO4S. The summed E-state index contributed by atoms with van der Waals surface area (Å²) in [6.45, 7) is 4.56. The summed E-state index contributed by atoms with van der Waals surface area (Å²) < 4.78 is 30.7. The highest BCUT2D eigenvalue weighted by molar-refractivity contribution is 7.91. The van der Waals surface area contributed by atoms with E-state index in [4.69, 9.17) is 4.74 Å².